The maximum Gasteiger partial charge on any atom is 0.192 e. The largest absolute Gasteiger partial charge is 0.378 e. The summed E-state index contributed by atoms with van der Waals surface area (Å²) in [5.74, 6) is 0.899. The monoisotopic (exact) mass is 356 g/mol. The van der Waals surface area contributed by atoms with E-state index in [0.29, 0.717) is 11.8 Å². The summed E-state index contributed by atoms with van der Waals surface area (Å²) in [5, 5.41) is 0. The van der Waals surface area contributed by atoms with Gasteiger partial charge >= 0.3 is 0 Å². The molecule has 0 aromatic heterocycles. The second-order valence-electron chi connectivity index (χ2n) is 7.96. The van der Waals surface area contributed by atoms with Crippen LogP contribution in [-0.2, 0) is 0 Å². The van der Waals surface area contributed by atoms with Gasteiger partial charge in [0.25, 0.3) is 0 Å². The zero-order chi connectivity index (χ0) is 19.6. The number of hydrogen-bond acceptors (Lipinski definition) is 1. The fraction of sp³-hybridized carbons (Fsp3) is 0.308. The zero-order valence-electron chi connectivity index (χ0n) is 17.4. The summed E-state index contributed by atoms with van der Waals surface area (Å²) in [7, 11) is 4.12. The molecule has 0 bridgehead atoms. The van der Waals surface area contributed by atoms with Crippen LogP contribution in [0.15, 0.2) is 82.5 Å². The van der Waals surface area contributed by atoms with Gasteiger partial charge < -0.3 is 4.90 Å². The minimum atomic E-state index is 0.358. The number of benzene rings is 1. The fourth-order valence-electron chi connectivity index (χ4n) is 3.62. The summed E-state index contributed by atoms with van der Waals surface area (Å²) < 4.78 is 0. The quantitative estimate of drug-likeness (QED) is 0.554. The molecule has 0 aliphatic heterocycles. The van der Waals surface area contributed by atoms with Gasteiger partial charge in [0.15, 0.2) is 5.57 Å². The van der Waals surface area contributed by atoms with Crippen LogP contribution in [0.3, 0.4) is 0 Å². The molecule has 1 atom stereocenters. The van der Waals surface area contributed by atoms with E-state index in [9.17, 15) is 0 Å². The average Bonchev–Trinajstić information content (AvgIpc) is 2.82. The standard InChI is InChI=1S/C26H30N/c1-18(2)22-13-10-19(3)26-23(16-20(4)25(26)17-22)9-7-8-21-11-14-24(15-12-21)27(5)6/h7-15,17-18,25H,1-6H3/q+1. The van der Waals surface area contributed by atoms with E-state index in [-0.39, 0.29) is 0 Å². The molecule has 1 heteroatoms. The SMILES string of the molecule is CC1=[C+]C(=CC=Cc2ccc(N(C)C)cc2)C2=C(C)C=CC(C(C)C)=CC12. The highest BCUT2D eigenvalue weighted by molar-refractivity contribution is 5.61. The molecule has 2 aliphatic carbocycles. The van der Waals surface area contributed by atoms with Crippen LogP contribution >= 0.6 is 0 Å². The Morgan fingerprint density at radius 2 is 1.74 bits per heavy atom. The highest BCUT2D eigenvalue weighted by atomic mass is 15.1. The molecule has 138 valence electrons. The molecule has 0 N–H and O–H groups in total. The molecular formula is C26H30N+. The van der Waals surface area contributed by atoms with Crippen molar-refractivity contribution in [2.24, 2.45) is 11.8 Å². The summed E-state index contributed by atoms with van der Waals surface area (Å²) in [6.07, 6.45) is 17.1. The van der Waals surface area contributed by atoms with Gasteiger partial charge in [0.1, 0.15) is 0 Å². The molecule has 1 aromatic rings. The topological polar surface area (TPSA) is 3.24 Å². The average molecular weight is 357 g/mol. The number of fused-ring (bicyclic) bond motifs is 1. The van der Waals surface area contributed by atoms with Crippen molar-refractivity contribution in [3.05, 3.63) is 94.2 Å². The summed E-state index contributed by atoms with van der Waals surface area (Å²) in [6, 6.07) is 8.61. The van der Waals surface area contributed by atoms with Crippen molar-refractivity contribution in [2.75, 3.05) is 19.0 Å². The van der Waals surface area contributed by atoms with Crippen LogP contribution in [0.1, 0.15) is 33.3 Å². The van der Waals surface area contributed by atoms with Crippen molar-refractivity contribution in [1.82, 2.24) is 0 Å². The van der Waals surface area contributed by atoms with E-state index in [0.717, 1.165) is 0 Å². The molecule has 2 aliphatic rings. The number of hydrogen-bond donors (Lipinski definition) is 0. The molecule has 1 unspecified atom stereocenters. The Bertz CT molecular complexity index is 881. The van der Waals surface area contributed by atoms with Crippen LogP contribution in [0.4, 0.5) is 5.69 Å². The van der Waals surface area contributed by atoms with Gasteiger partial charge in [0, 0.05) is 31.4 Å². The maximum absolute atomic E-state index is 3.61. The molecular weight excluding hydrogens is 326 g/mol. The van der Waals surface area contributed by atoms with E-state index >= 15 is 0 Å². The van der Waals surface area contributed by atoms with Gasteiger partial charge in [0.05, 0.1) is 23.1 Å². The van der Waals surface area contributed by atoms with Gasteiger partial charge in [-0.2, -0.15) is 0 Å². The predicted molar refractivity (Wildman–Crippen MR) is 119 cm³/mol. The van der Waals surface area contributed by atoms with E-state index in [4.69, 9.17) is 0 Å². The van der Waals surface area contributed by atoms with E-state index < -0.39 is 0 Å². The van der Waals surface area contributed by atoms with E-state index in [2.05, 4.69) is 113 Å². The van der Waals surface area contributed by atoms with E-state index in [1.165, 1.54) is 39.1 Å². The number of anilines is 1. The Balaban J connectivity index is 1.86. The lowest BCUT2D eigenvalue weighted by Crippen LogP contribution is -2.07. The lowest BCUT2D eigenvalue weighted by atomic mass is 9.90. The zero-order valence-corrected chi connectivity index (χ0v) is 17.4. The van der Waals surface area contributed by atoms with Crippen LogP contribution in [0, 0.1) is 17.9 Å². The summed E-state index contributed by atoms with van der Waals surface area (Å²) in [4.78, 5) is 2.12. The smallest absolute Gasteiger partial charge is 0.192 e. The van der Waals surface area contributed by atoms with Crippen LogP contribution in [-0.4, -0.2) is 14.1 Å². The normalized spacial score (nSPS) is 20.7. The van der Waals surface area contributed by atoms with Crippen LogP contribution in [0.25, 0.3) is 6.08 Å². The van der Waals surface area contributed by atoms with Crippen LogP contribution < -0.4 is 4.90 Å². The lowest BCUT2D eigenvalue weighted by Gasteiger charge is -2.11. The van der Waals surface area contributed by atoms with Gasteiger partial charge in [0.2, 0.25) is 0 Å². The minimum Gasteiger partial charge on any atom is -0.378 e. The number of allylic oxidation sites excluding steroid dienone is 11. The van der Waals surface area contributed by atoms with Gasteiger partial charge in [-0.25, -0.2) is 0 Å². The molecule has 1 aromatic carbocycles. The first kappa shape index (κ1) is 19.1. The molecule has 3 rings (SSSR count). The molecule has 27 heavy (non-hydrogen) atoms. The van der Waals surface area contributed by atoms with Crippen LogP contribution in [0.5, 0.6) is 0 Å². The molecule has 0 heterocycles. The first-order valence-corrected chi connectivity index (χ1v) is 9.74. The Morgan fingerprint density at radius 3 is 2.37 bits per heavy atom. The van der Waals surface area contributed by atoms with Crippen molar-refractivity contribution < 1.29 is 0 Å². The molecule has 0 saturated carbocycles. The lowest BCUT2D eigenvalue weighted by molar-refractivity contribution is 0.775. The van der Waals surface area contributed by atoms with Crippen molar-refractivity contribution in [1.29, 1.82) is 0 Å². The summed E-state index contributed by atoms with van der Waals surface area (Å²) in [5.41, 5.74) is 9.09. The highest BCUT2D eigenvalue weighted by Gasteiger charge is 2.35. The Labute approximate surface area is 164 Å². The van der Waals surface area contributed by atoms with Gasteiger partial charge in [-0.3, -0.25) is 0 Å². The van der Waals surface area contributed by atoms with Crippen molar-refractivity contribution in [3.8, 4) is 0 Å². The third-order valence-electron chi connectivity index (χ3n) is 5.34. The molecule has 0 saturated heterocycles. The first-order chi connectivity index (χ1) is 12.9. The fourth-order valence-corrected chi connectivity index (χ4v) is 3.62. The maximum atomic E-state index is 3.61. The number of nitrogens with zero attached hydrogens (tertiary/aromatic N) is 1. The summed E-state index contributed by atoms with van der Waals surface area (Å²) in [6.45, 7) is 8.93. The van der Waals surface area contributed by atoms with E-state index in [1.807, 2.05) is 0 Å². The second-order valence-corrected chi connectivity index (χ2v) is 7.96. The Morgan fingerprint density at radius 1 is 1.04 bits per heavy atom. The molecule has 0 spiro atoms. The second kappa shape index (κ2) is 7.94. The molecule has 0 radical (unpaired) electrons. The highest BCUT2D eigenvalue weighted by Crippen LogP contribution is 2.41. The Kier molecular flexibility index (Phi) is 5.63. The molecule has 0 fully saturated rings. The first-order valence-electron chi connectivity index (χ1n) is 9.74. The Hall–Kier alpha value is -2.63. The molecule has 1 nitrogen and oxygen atoms in total. The van der Waals surface area contributed by atoms with Crippen molar-refractivity contribution >= 4 is 11.8 Å². The van der Waals surface area contributed by atoms with Crippen LogP contribution in [0.2, 0.25) is 0 Å². The van der Waals surface area contributed by atoms with Gasteiger partial charge in [-0.1, -0.05) is 38.1 Å². The third-order valence-corrected chi connectivity index (χ3v) is 5.34. The summed E-state index contributed by atoms with van der Waals surface area (Å²) >= 11 is 0. The van der Waals surface area contributed by atoms with E-state index in [1.54, 1.807) is 0 Å². The molecule has 0 amide bonds. The minimum absolute atomic E-state index is 0.358. The number of rotatable bonds is 4. The predicted octanol–water partition coefficient (Wildman–Crippen LogP) is 6.54. The third kappa shape index (κ3) is 4.21. The van der Waals surface area contributed by atoms with Gasteiger partial charge in [-0.15, -0.1) is 0 Å². The van der Waals surface area contributed by atoms with Crippen molar-refractivity contribution in [2.45, 2.75) is 27.7 Å². The van der Waals surface area contributed by atoms with Gasteiger partial charge in [-0.05, 0) is 61.3 Å². The van der Waals surface area contributed by atoms with Crippen molar-refractivity contribution in [3.63, 3.8) is 0 Å².